The smallest absolute Gasteiger partial charge is 0.263 e. The number of amides is 1. The minimum Gasteiger partial charge on any atom is -0.396 e. The highest BCUT2D eigenvalue weighted by Gasteiger charge is 2.16. The minimum absolute atomic E-state index is 0.0305. The van der Waals surface area contributed by atoms with Gasteiger partial charge in [-0.3, -0.25) is 4.79 Å². The van der Waals surface area contributed by atoms with Crippen molar-refractivity contribution in [3.05, 3.63) is 52.0 Å². The van der Waals surface area contributed by atoms with Crippen molar-refractivity contribution < 1.29 is 9.90 Å². The number of hydrogen-bond donors (Lipinski definition) is 2. The molecule has 2 aromatic rings. The molecule has 0 radical (unpaired) electrons. The van der Waals surface area contributed by atoms with Gasteiger partial charge in [0.2, 0.25) is 0 Å². The van der Waals surface area contributed by atoms with E-state index in [1.807, 2.05) is 37.3 Å². The van der Waals surface area contributed by atoms with Crippen LogP contribution in [-0.4, -0.2) is 22.6 Å². The van der Waals surface area contributed by atoms with Crippen LogP contribution in [0.5, 0.6) is 0 Å². The van der Waals surface area contributed by atoms with Gasteiger partial charge in [-0.2, -0.15) is 0 Å². The molecule has 0 aliphatic carbocycles. The summed E-state index contributed by atoms with van der Waals surface area (Å²) in [6.45, 7) is 2.04. The Bertz CT molecular complexity index is 554. The third kappa shape index (κ3) is 3.65. The van der Waals surface area contributed by atoms with Crippen LogP contribution in [0.1, 0.15) is 39.6 Å². The number of nitrogens with zero attached hydrogens (tertiary/aromatic N) is 1. The van der Waals surface area contributed by atoms with E-state index in [0.717, 1.165) is 17.0 Å². The second-order valence-electron chi connectivity index (χ2n) is 4.42. The van der Waals surface area contributed by atoms with E-state index in [-0.39, 0.29) is 18.6 Å². The molecule has 5 heteroatoms. The quantitative estimate of drug-likeness (QED) is 0.859. The molecule has 1 atom stereocenters. The molecule has 0 fully saturated rings. The van der Waals surface area contributed by atoms with Gasteiger partial charge in [-0.05, 0) is 18.4 Å². The Hall–Kier alpha value is -1.72. The number of aliphatic hydroxyl groups excluding tert-OH is 1. The van der Waals surface area contributed by atoms with E-state index in [1.165, 1.54) is 11.3 Å². The first-order valence-corrected chi connectivity index (χ1v) is 7.47. The van der Waals surface area contributed by atoms with Crippen molar-refractivity contribution in [2.24, 2.45) is 0 Å². The van der Waals surface area contributed by atoms with Gasteiger partial charge in [0.25, 0.3) is 5.91 Å². The molecule has 0 aliphatic rings. The molecule has 4 nitrogen and oxygen atoms in total. The Kier molecular flexibility index (Phi) is 5.26. The van der Waals surface area contributed by atoms with E-state index in [9.17, 15) is 4.79 Å². The Balaban J connectivity index is 2.10. The molecule has 106 valence electrons. The summed E-state index contributed by atoms with van der Waals surface area (Å²) in [6.07, 6.45) is 2.94. The van der Waals surface area contributed by atoms with Crippen molar-refractivity contribution in [1.82, 2.24) is 10.3 Å². The van der Waals surface area contributed by atoms with Crippen LogP contribution < -0.4 is 5.32 Å². The number of aryl methyl sites for hydroxylation is 1. The third-order valence-corrected chi connectivity index (χ3v) is 4.15. The van der Waals surface area contributed by atoms with Gasteiger partial charge in [0.05, 0.1) is 17.2 Å². The molecule has 1 aromatic carbocycles. The average molecular weight is 290 g/mol. The summed E-state index contributed by atoms with van der Waals surface area (Å²) in [6, 6.07) is 9.50. The first-order chi connectivity index (χ1) is 9.74. The maximum absolute atomic E-state index is 12.2. The number of carbonyl (C=O) groups excluding carboxylic acids is 1. The average Bonchev–Trinajstić information content (AvgIpc) is 2.97. The molecule has 2 N–H and O–H groups in total. The van der Waals surface area contributed by atoms with Gasteiger partial charge in [-0.1, -0.05) is 37.3 Å². The lowest BCUT2D eigenvalue weighted by molar-refractivity contribution is 0.0934. The number of aliphatic hydroxyl groups is 1. The summed E-state index contributed by atoms with van der Waals surface area (Å²) in [7, 11) is 0. The molecule has 1 unspecified atom stereocenters. The number of carbonyl (C=O) groups is 1. The van der Waals surface area contributed by atoms with Crippen molar-refractivity contribution in [3.63, 3.8) is 0 Å². The lowest BCUT2D eigenvalue weighted by Gasteiger charge is -2.17. The molecular formula is C15H18N2O2S. The van der Waals surface area contributed by atoms with Crippen LogP contribution in [0.25, 0.3) is 0 Å². The third-order valence-electron chi connectivity index (χ3n) is 3.00. The zero-order chi connectivity index (χ0) is 14.4. The maximum Gasteiger partial charge on any atom is 0.263 e. The predicted octanol–water partition coefficient (Wildman–Crippen LogP) is 2.56. The molecule has 1 heterocycles. The topological polar surface area (TPSA) is 62.2 Å². The number of nitrogens with one attached hydrogen (secondary N) is 1. The van der Waals surface area contributed by atoms with Crippen LogP contribution in [0.3, 0.4) is 0 Å². The van der Waals surface area contributed by atoms with Crippen molar-refractivity contribution in [2.45, 2.75) is 25.8 Å². The van der Waals surface area contributed by atoms with Crippen molar-refractivity contribution in [2.75, 3.05) is 6.61 Å². The molecule has 0 saturated heterocycles. The van der Waals surface area contributed by atoms with E-state index in [0.29, 0.717) is 11.3 Å². The summed E-state index contributed by atoms with van der Waals surface area (Å²) < 4.78 is 0. The van der Waals surface area contributed by atoms with Gasteiger partial charge >= 0.3 is 0 Å². The summed E-state index contributed by atoms with van der Waals surface area (Å²) in [4.78, 5) is 17.0. The van der Waals surface area contributed by atoms with Crippen molar-refractivity contribution in [1.29, 1.82) is 0 Å². The number of benzene rings is 1. The zero-order valence-corrected chi connectivity index (χ0v) is 12.2. The Morgan fingerprint density at radius 1 is 1.40 bits per heavy atom. The Morgan fingerprint density at radius 3 is 2.75 bits per heavy atom. The lowest BCUT2D eigenvalue weighted by Crippen LogP contribution is -2.28. The van der Waals surface area contributed by atoms with Gasteiger partial charge in [0, 0.05) is 6.61 Å². The number of thiazole rings is 1. The molecule has 20 heavy (non-hydrogen) atoms. The highest BCUT2D eigenvalue weighted by molar-refractivity contribution is 7.13. The monoisotopic (exact) mass is 290 g/mol. The Morgan fingerprint density at radius 2 is 2.15 bits per heavy atom. The highest BCUT2D eigenvalue weighted by atomic mass is 32.1. The van der Waals surface area contributed by atoms with Crippen molar-refractivity contribution >= 4 is 17.2 Å². The van der Waals surface area contributed by atoms with Crippen LogP contribution in [0.15, 0.2) is 36.5 Å². The maximum atomic E-state index is 12.2. The first kappa shape index (κ1) is 14.7. The summed E-state index contributed by atoms with van der Waals surface area (Å²) in [5.41, 5.74) is 0.995. The van der Waals surface area contributed by atoms with Crippen LogP contribution in [0.2, 0.25) is 0 Å². The molecule has 2 rings (SSSR count). The predicted molar refractivity (Wildman–Crippen MR) is 79.8 cm³/mol. The lowest BCUT2D eigenvalue weighted by atomic mass is 10.0. The fourth-order valence-electron chi connectivity index (χ4n) is 1.94. The van der Waals surface area contributed by atoms with Gasteiger partial charge in [-0.25, -0.2) is 4.98 Å². The molecule has 0 bridgehead atoms. The molecule has 0 aliphatic heterocycles. The Labute approximate surface area is 122 Å². The van der Waals surface area contributed by atoms with Crippen LogP contribution in [0, 0.1) is 0 Å². The van der Waals surface area contributed by atoms with Crippen molar-refractivity contribution in [3.8, 4) is 0 Å². The molecule has 0 spiro atoms. The second kappa shape index (κ2) is 7.17. The first-order valence-electron chi connectivity index (χ1n) is 6.66. The van der Waals surface area contributed by atoms with Crippen LogP contribution in [0.4, 0.5) is 0 Å². The van der Waals surface area contributed by atoms with Crippen LogP contribution >= 0.6 is 11.3 Å². The van der Waals surface area contributed by atoms with Gasteiger partial charge < -0.3 is 10.4 Å². The zero-order valence-electron chi connectivity index (χ0n) is 11.4. The van der Waals surface area contributed by atoms with E-state index >= 15 is 0 Å². The number of hydrogen-bond acceptors (Lipinski definition) is 4. The standard InChI is InChI=1S/C15H18N2O2S/c1-2-14-16-10-13(20-14)15(19)17-12(8-9-18)11-6-4-3-5-7-11/h3-7,10,12,18H,2,8-9H2,1H3,(H,17,19). The highest BCUT2D eigenvalue weighted by Crippen LogP contribution is 2.19. The second-order valence-corrected chi connectivity index (χ2v) is 5.54. The summed E-state index contributed by atoms with van der Waals surface area (Å²) >= 11 is 1.41. The fourth-order valence-corrected chi connectivity index (χ4v) is 2.71. The minimum atomic E-state index is -0.180. The molecule has 1 amide bonds. The fraction of sp³-hybridized carbons (Fsp3) is 0.333. The SMILES string of the molecule is CCc1ncc(C(=O)NC(CCO)c2ccccc2)s1. The van der Waals surface area contributed by atoms with E-state index in [2.05, 4.69) is 10.3 Å². The van der Waals surface area contributed by atoms with Gasteiger partial charge in [0.15, 0.2) is 0 Å². The largest absolute Gasteiger partial charge is 0.396 e. The number of aromatic nitrogens is 1. The summed E-state index contributed by atoms with van der Waals surface area (Å²) in [5, 5.41) is 13.1. The van der Waals surface area contributed by atoms with E-state index < -0.39 is 0 Å². The summed E-state index contributed by atoms with van der Waals surface area (Å²) in [5.74, 6) is -0.135. The normalized spacial score (nSPS) is 12.1. The number of rotatable bonds is 6. The van der Waals surface area contributed by atoms with Gasteiger partial charge in [-0.15, -0.1) is 11.3 Å². The molecular weight excluding hydrogens is 272 g/mol. The van der Waals surface area contributed by atoms with E-state index in [4.69, 9.17) is 5.11 Å². The van der Waals surface area contributed by atoms with E-state index in [1.54, 1.807) is 6.20 Å². The molecule has 1 aromatic heterocycles. The van der Waals surface area contributed by atoms with Crippen LogP contribution in [-0.2, 0) is 6.42 Å². The molecule has 0 saturated carbocycles. The van der Waals surface area contributed by atoms with Gasteiger partial charge in [0.1, 0.15) is 4.88 Å².